The SMILES string of the molecule is C=C(C)C(NCCC)c1cccc(OC(F)F)c1. The maximum Gasteiger partial charge on any atom is 0.387 e. The first-order valence-corrected chi connectivity index (χ1v) is 5.98. The number of benzene rings is 1. The summed E-state index contributed by atoms with van der Waals surface area (Å²) < 4.78 is 28.7. The number of rotatable bonds is 7. The highest BCUT2D eigenvalue weighted by molar-refractivity contribution is 5.34. The zero-order valence-electron chi connectivity index (χ0n) is 10.7. The predicted octanol–water partition coefficient (Wildman–Crippen LogP) is 3.90. The van der Waals surface area contributed by atoms with E-state index in [0.717, 1.165) is 24.1 Å². The zero-order chi connectivity index (χ0) is 13.5. The normalized spacial score (nSPS) is 12.5. The van der Waals surface area contributed by atoms with Gasteiger partial charge in [0, 0.05) is 0 Å². The number of halogens is 2. The third-order valence-electron chi connectivity index (χ3n) is 2.51. The third kappa shape index (κ3) is 4.45. The van der Waals surface area contributed by atoms with Crippen molar-refractivity contribution >= 4 is 0 Å². The van der Waals surface area contributed by atoms with Crippen molar-refractivity contribution in [2.45, 2.75) is 32.9 Å². The van der Waals surface area contributed by atoms with Crippen molar-refractivity contribution < 1.29 is 13.5 Å². The lowest BCUT2D eigenvalue weighted by atomic mass is 10.0. The van der Waals surface area contributed by atoms with Gasteiger partial charge in [0.15, 0.2) is 0 Å². The van der Waals surface area contributed by atoms with Gasteiger partial charge in [-0.2, -0.15) is 8.78 Å². The Morgan fingerprint density at radius 1 is 1.44 bits per heavy atom. The number of hydrogen-bond acceptors (Lipinski definition) is 2. The van der Waals surface area contributed by atoms with Crippen LogP contribution < -0.4 is 10.1 Å². The molecule has 0 fully saturated rings. The summed E-state index contributed by atoms with van der Waals surface area (Å²) in [6.07, 6.45) is 0.997. The summed E-state index contributed by atoms with van der Waals surface area (Å²) >= 11 is 0. The summed E-state index contributed by atoms with van der Waals surface area (Å²) in [5, 5.41) is 3.32. The molecular weight excluding hydrogens is 236 g/mol. The van der Waals surface area contributed by atoms with Crippen LogP contribution in [-0.4, -0.2) is 13.2 Å². The Bertz CT molecular complexity index is 393. The highest BCUT2D eigenvalue weighted by atomic mass is 19.3. The van der Waals surface area contributed by atoms with Gasteiger partial charge >= 0.3 is 6.61 Å². The number of alkyl halides is 2. The smallest absolute Gasteiger partial charge is 0.387 e. The molecule has 2 nitrogen and oxygen atoms in total. The summed E-state index contributed by atoms with van der Waals surface area (Å²) in [5.74, 6) is 0.173. The van der Waals surface area contributed by atoms with Crippen LogP contribution in [0.2, 0.25) is 0 Å². The molecule has 0 aliphatic carbocycles. The van der Waals surface area contributed by atoms with Crippen LogP contribution in [0, 0.1) is 0 Å². The molecule has 4 heteroatoms. The molecule has 1 aromatic carbocycles. The molecule has 1 rings (SSSR count). The maximum atomic E-state index is 12.2. The Morgan fingerprint density at radius 3 is 2.72 bits per heavy atom. The van der Waals surface area contributed by atoms with Crippen LogP contribution in [0.25, 0.3) is 0 Å². The molecule has 0 saturated heterocycles. The van der Waals surface area contributed by atoms with Crippen LogP contribution in [0.4, 0.5) is 8.78 Å². The van der Waals surface area contributed by atoms with E-state index in [4.69, 9.17) is 0 Å². The molecule has 0 bridgehead atoms. The second-order valence-corrected chi connectivity index (χ2v) is 4.18. The minimum atomic E-state index is -2.80. The van der Waals surface area contributed by atoms with Gasteiger partial charge in [-0.1, -0.05) is 31.2 Å². The van der Waals surface area contributed by atoms with Crippen molar-refractivity contribution in [3.05, 3.63) is 42.0 Å². The van der Waals surface area contributed by atoms with E-state index < -0.39 is 6.61 Å². The molecule has 0 spiro atoms. The Balaban J connectivity index is 2.87. The molecule has 1 atom stereocenters. The van der Waals surface area contributed by atoms with Crippen LogP contribution in [0.1, 0.15) is 31.9 Å². The molecule has 0 aliphatic heterocycles. The molecular formula is C14H19F2NO. The van der Waals surface area contributed by atoms with E-state index in [-0.39, 0.29) is 11.8 Å². The third-order valence-corrected chi connectivity index (χ3v) is 2.51. The fraction of sp³-hybridized carbons (Fsp3) is 0.429. The van der Waals surface area contributed by atoms with Crippen molar-refractivity contribution in [1.29, 1.82) is 0 Å². The van der Waals surface area contributed by atoms with Crippen molar-refractivity contribution in [2.24, 2.45) is 0 Å². The monoisotopic (exact) mass is 255 g/mol. The van der Waals surface area contributed by atoms with Crippen LogP contribution in [0.3, 0.4) is 0 Å². The maximum absolute atomic E-state index is 12.2. The van der Waals surface area contributed by atoms with E-state index >= 15 is 0 Å². The van der Waals surface area contributed by atoms with Crippen LogP contribution >= 0.6 is 0 Å². The average molecular weight is 255 g/mol. The first-order valence-electron chi connectivity index (χ1n) is 5.98. The van der Waals surface area contributed by atoms with E-state index in [1.165, 1.54) is 6.07 Å². The molecule has 0 saturated carbocycles. The summed E-state index contributed by atoms with van der Waals surface area (Å²) in [7, 11) is 0. The lowest BCUT2D eigenvalue weighted by Gasteiger charge is -2.19. The van der Waals surface area contributed by atoms with Gasteiger partial charge in [0.25, 0.3) is 0 Å². The van der Waals surface area contributed by atoms with E-state index in [2.05, 4.69) is 23.6 Å². The van der Waals surface area contributed by atoms with Crippen molar-refractivity contribution in [3.63, 3.8) is 0 Å². The Morgan fingerprint density at radius 2 is 2.17 bits per heavy atom. The number of ether oxygens (including phenoxy) is 1. The highest BCUT2D eigenvalue weighted by Crippen LogP contribution is 2.24. The largest absolute Gasteiger partial charge is 0.435 e. The lowest BCUT2D eigenvalue weighted by Crippen LogP contribution is -2.22. The molecule has 1 aromatic rings. The Kier molecular flexibility index (Phi) is 5.78. The lowest BCUT2D eigenvalue weighted by molar-refractivity contribution is -0.0498. The highest BCUT2D eigenvalue weighted by Gasteiger charge is 2.13. The summed E-state index contributed by atoms with van der Waals surface area (Å²) in [6, 6.07) is 6.68. The average Bonchev–Trinajstić information content (AvgIpc) is 2.28. The first-order chi connectivity index (χ1) is 8.54. The minimum absolute atomic E-state index is 0.0360. The van der Waals surface area contributed by atoms with Gasteiger partial charge in [0.1, 0.15) is 5.75 Å². The molecule has 100 valence electrons. The summed E-state index contributed by atoms with van der Waals surface area (Å²) in [6.45, 7) is 5.95. The Hall–Kier alpha value is -1.42. The Labute approximate surface area is 107 Å². The second kappa shape index (κ2) is 7.11. The number of nitrogens with one attached hydrogen (secondary N) is 1. The predicted molar refractivity (Wildman–Crippen MR) is 68.9 cm³/mol. The standard InChI is InChI=1S/C14H19F2NO/c1-4-8-17-13(10(2)3)11-6-5-7-12(9-11)18-14(15)16/h5-7,9,13-14,17H,2,4,8H2,1,3H3. The van der Waals surface area contributed by atoms with Crippen LogP contribution in [0.15, 0.2) is 36.4 Å². The van der Waals surface area contributed by atoms with Gasteiger partial charge in [-0.05, 0) is 37.6 Å². The molecule has 0 aliphatic rings. The number of hydrogen-bond donors (Lipinski definition) is 1. The molecule has 0 radical (unpaired) electrons. The first kappa shape index (κ1) is 14.6. The van der Waals surface area contributed by atoms with Crippen molar-refractivity contribution in [3.8, 4) is 5.75 Å². The topological polar surface area (TPSA) is 21.3 Å². The van der Waals surface area contributed by atoms with Crippen LogP contribution in [0.5, 0.6) is 5.75 Å². The van der Waals surface area contributed by atoms with E-state index in [0.29, 0.717) is 0 Å². The summed E-state index contributed by atoms with van der Waals surface area (Å²) in [5.41, 5.74) is 1.83. The van der Waals surface area contributed by atoms with E-state index in [1.54, 1.807) is 12.1 Å². The molecule has 1 unspecified atom stereocenters. The fourth-order valence-corrected chi connectivity index (χ4v) is 1.74. The minimum Gasteiger partial charge on any atom is -0.435 e. The van der Waals surface area contributed by atoms with E-state index in [1.807, 2.05) is 13.0 Å². The van der Waals surface area contributed by atoms with Gasteiger partial charge in [-0.25, -0.2) is 0 Å². The fourth-order valence-electron chi connectivity index (χ4n) is 1.74. The van der Waals surface area contributed by atoms with Crippen molar-refractivity contribution in [1.82, 2.24) is 5.32 Å². The molecule has 0 aromatic heterocycles. The second-order valence-electron chi connectivity index (χ2n) is 4.18. The van der Waals surface area contributed by atoms with Gasteiger partial charge in [-0.3, -0.25) is 0 Å². The van der Waals surface area contributed by atoms with Gasteiger partial charge < -0.3 is 10.1 Å². The molecule has 1 N–H and O–H groups in total. The van der Waals surface area contributed by atoms with Gasteiger partial charge in [0.2, 0.25) is 0 Å². The molecule has 18 heavy (non-hydrogen) atoms. The molecule has 0 amide bonds. The molecule has 0 heterocycles. The quantitative estimate of drug-likeness (QED) is 0.746. The van der Waals surface area contributed by atoms with Crippen molar-refractivity contribution in [2.75, 3.05) is 6.54 Å². The van der Waals surface area contributed by atoms with Gasteiger partial charge in [0.05, 0.1) is 6.04 Å². The zero-order valence-corrected chi connectivity index (χ0v) is 10.7. The van der Waals surface area contributed by atoms with Crippen LogP contribution in [-0.2, 0) is 0 Å². The van der Waals surface area contributed by atoms with E-state index in [9.17, 15) is 8.78 Å². The summed E-state index contributed by atoms with van der Waals surface area (Å²) in [4.78, 5) is 0. The van der Waals surface area contributed by atoms with Gasteiger partial charge in [-0.15, -0.1) is 0 Å².